The molecule has 1 atom stereocenters. The van der Waals surface area contributed by atoms with Crippen molar-refractivity contribution in [3.63, 3.8) is 0 Å². The van der Waals surface area contributed by atoms with Crippen molar-refractivity contribution >= 4 is 34.9 Å². The topological polar surface area (TPSA) is 111 Å². The lowest BCUT2D eigenvalue weighted by atomic mass is 10.1. The van der Waals surface area contributed by atoms with E-state index in [0.717, 1.165) is 24.5 Å². The number of hydrogen-bond acceptors (Lipinski definition) is 7. The van der Waals surface area contributed by atoms with Crippen LogP contribution in [0.2, 0.25) is 0 Å². The first kappa shape index (κ1) is 26.2. The first-order chi connectivity index (χ1) is 17.9. The third-order valence-corrected chi connectivity index (χ3v) is 6.76. The molecule has 4 rings (SSSR count). The van der Waals surface area contributed by atoms with Crippen molar-refractivity contribution in [3.8, 4) is 5.75 Å². The summed E-state index contributed by atoms with van der Waals surface area (Å²) in [7, 11) is 1.66. The Bertz CT molecular complexity index is 1140. The minimum atomic E-state index is -0.868. The Labute approximate surface area is 216 Å². The Kier molecular flexibility index (Phi) is 8.39. The van der Waals surface area contributed by atoms with Gasteiger partial charge in [0, 0.05) is 50.5 Å². The molecule has 2 aliphatic heterocycles. The number of hydrogen-bond donors (Lipinski definition) is 2. The molecule has 196 valence electrons. The second kappa shape index (κ2) is 11.9. The van der Waals surface area contributed by atoms with Crippen LogP contribution in [0.15, 0.2) is 48.5 Å². The maximum atomic E-state index is 13.2. The minimum Gasteiger partial charge on any atom is -0.495 e. The van der Waals surface area contributed by atoms with Crippen LogP contribution >= 0.6 is 0 Å². The van der Waals surface area contributed by atoms with Gasteiger partial charge in [0.15, 0.2) is 5.78 Å². The standard InChI is InChI=1S/C27H33N5O5/c1-19(33)20-7-9-21(10-8-20)29-25(34)17-23-27(36)28-11-12-32(23)26(35)18-30-13-15-31(16-14-30)22-5-3-4-6-24(22)37-2/h3-10,23H,11-18H2,1-2H3,(H,28,36)(H,29,34)/t23-/m0/s1. The molecule has 2 fully saturated rings. The molecule has 0 unspecified atom stereocenters. The average Bonchev–Trinajstić information content (AvgIpc) is 2.90. The largest absolute Gasteiger partial charge is 0.495 e. The third-order valence-electron chi connectivity index (χ3n) is 6.76. The van der Waals surface area contributed by atoms with Crippen LogP contribution < -0.4 is 20.3 Å². The summed E-state index contributed by atoms with van der Waals surface area (Å²) in [4.78, 5) is 55.8. The van der Waals surface area contributed by atoms with Gasteiger partial charge in [-0.3, -0.25) is 24.1 Å². The number of para-hydroxylation sites is 2. The van der Waals surface area contributed by atoms with E-state index >= 15 is 0 Å². The predicted molar refractivity (Wildman–Crippen MR) is 140 cm³/mol. The zero-order chi connectivity index (χ0) is 26.4. The van der Waals surface area contributed by atoms with Gasteiger partial charge < -0.3 is 25.2 Å². The molecule has 2 aliphatic rings. The maximum Gasteiger partial charge on any atom is 0.243 e. The number of amides is 3. The fourth-order valence-electron chi connectivity index (χ4n) is 4.71. The molecule has 0 radical (unpaired) electrons. The van der Waals surface area contributed by atoms with Gasteiger partial charge in [-0.1, -0.05) is 12.1 Å². The second-order valence-electron chi connectivity index (χ2n) is 9.21. The molecule has 10 nitrogen and oxygen atoms in total. The number of piperazine rings is 2. The van der Waals surface area contributed by atoms with Crippen molar-refractivity contribution in [1.82, 2.24) is 15.1 Å². The van der Waals surface area contributed by atoms with E-state index in [2.05, 4.69) is 20.4 Å². The van der Waals surface area contributed by atoms with Gasteiger partial charge in [-0.25, -0.2) is 0 Å². The third kappa shape index (κ3) is 6.45. The summed E-state index contributed by atoms with van der Waals surface area (Å²) < 4.78 is 5.47. The molecule has 2 heterocycles. The smallest absolute Gasteiger partial charge is 0.243 e. The van der Waals surface area contributed by atoms with Crippen molar-refractivity contribution < 1.29 is 23.9 Å². The number of ketones is 1. The van der Waals surface area contributed by atoms with Crippen molar-refractivity contribution in [3.05, 3.63) is 54.1 Å². The van der Waals surface area contributed by atoms with E-state index in [1.54, 1.807) is 31.4 Å². The molecule has 2 N–H and O–H groups in total. The zero-order valence-electron chi connectivity index (χ0n) is 21.2. The van der Waals surface area contributed by atoms with Crippen molar-refractivity contribution in [1.29, 1.82) is 0 Å². The molecule has 0 bridgehead atoms. The number of carbonyl (C=O) groups excluding carboxylic acids is 4. The zero-order valence-corrected chi connectivity index (χ0v) is 21.2. The summed E-state index contributed by atoms with van der Waals surface area (Å²) in [5.74, 6) is -0.109. The van der Waals surface area contributed by atoms with E-state index in [1.165, 1.54) is 11.8 Å². The lowest BCUT2D eigenvalue weighted by Crippen LogP contribution is -2.60. The van der Waals surface area contributed by atoms with Crippen LogP contribution in [0.1, 0.15) is 23.7 Å². The maximum absolute atomic E-state index is 13.2. The Morgan fingerprint density at radius 1 is 1.00 bits per heavy atom. The molecule has 0 saturated carbocycles. The number of ether oxygens (including phenoxy) is 1. The highest BCUT2D eigenvalue weighted by Crippen LogP contribution is 2.28. The summed E-state index contributed by atoms with van der Waals surface area (Å²) in [5.41, 5.74) is 2.10. The molecule has 2 aromatic carbocycles. The van der Waals surface area contributed by atoms with Gasteiger partial charge in [-0.2, -0.15) is 0 Å². The molecule has 3 amide bonds. The van der Waals surface area contributed by atoms with E-state index in [4.69, 9.17) is 4.74 Å². The number of rotatable bonds is 8. The van der Waals surface area contributed by atoms with Crippen LogP contribution in [-0.2, 0) is 14.4 Å². The van der Waals surface area contributed by atoms with Gasteiger partial charge in [0.1, 0.15) is 11.8 Å². The van der Waals surface area contributed by atoms with Gasteiger partial charge in [0.05, 0.1) is 25.8 Å². The molecular weight excluding hydrogens is 474 g/mol. The molecule has 37 heavy (non-hydrogen) atoms. The lowest BCUT2D eigenvalue weighted by Gasteiger charge is -2.39. The van der Waals surface area contributed by atoms with E-state index in [0.29, 0.717) is 37.4 Å². The summed E-state index contributed by atoms with van der Waals surface area (Å²) in [6.07, 6.45) is -0.145. The van der Waals surface area contributed by atoms with E-state index in [1.807, 2.05) is 24.3 Å². The Balaban J connectivity index is 1.32. The van der Waals surface area contributed by atoms with Crippen LogP contribution in [0.25, 0.3) is 0 Å². The first-order valence-electron chi connectivity index (χ1n) is 12.4. The van der Waals surface area contributed by atoms with Gasteiger partial charge in [-0.15, -0.1) is 0 Å². The van der Waals surface area contributed by atoms with Gasteiger partial charge in [-0.05, 0) is 43.3 Å². The highest BCUT2D eigenvalue weighted by Gasteiger charge is 2.35. The minimum absolute atomic E-state index is 0.0629. The normalized spacial score (nSPS) is 18.2. The predicted octanol–water partition coefficient (Wildman–Crippen LogP) is 1.38. The van der Waals surface area contributed by atoms with Crippen LogP contribution in [0.5, 0.6) is 5.75 Å². The number of Topliss-reactive ketones (excluding diaryl/α,β-unsaturated/α-hetero) is 1. The number of methoxy groups -OCH3 is 1. The summed E-state index contributed by atoms with van der Waals surface area (Å²) in [6.45, 7) is 5.29. The summed E-state index contributed by atoms with van der Waals surface area (Å²) in [5, 5.41) is 5.51. The number of carbonyl (C=O) groups is 4. The second-order valence-corrected chi connectivity index (χ2v) is 9.21. The van der Waals surface area contributed by atoms with Crippen molar-refractivity contribution in [2.45, 2.75) is 19.4 Å². The molecule has 2 saturated heterocycles. The average molecular weight is 508 g/mol. The molecule has 0 aliphatic carbocycles. The van der Waals surface area contributed by atoms with Crippen LogP contribution in [0.3, 0.4) is 0 Å². The molecular formula is C27H33N5O5. The Hall–Kier alpha value is -3.92. The Morgan fingerprint density at radius 3 is 2.38 bits per heavy atom. The molecule has 0 aromatic heterocycles. The van der Waals surface area contributed by atoms with Crippen molar-refractivity contribution in [2.24, 2.45) is 0 Å². The highest BCUT2D eigenvalue weighted by atomic mass is 16.5. The van der Waals surface area contributed by atoms with Crippen molar-refractivity contribution in [2.75, 3.05) is 63.1 Å². The van der Waals surface area contributed by atoms with Crippen LogP contribution in [0, 0.1) is 0 Å². The number of anilines is 2. The van der Waals surface area contributed by atoms with Gasteiger partial charge >= 0.3 is 0 Å². The number of nitrogens with zero attached hydrogens (tertiary/aromatic N) is 3. The summed E-state index contributed by atoms with van der Waals surface area (Å²) >= 11 is 0. The molecule has 10 heteroatoms. The fourth-order valence-corrected chi connectivity index (χ4v) is 4.71. The first-order valence-corrected chi connectivity index (χ1v) is 12.4. The van der Waals surface area contributed by atoms with Gasteiger partial charge in [0.25, 0.3) is 0 Å². The summed E-state index contributed by atoms with van der Waals surface area (Å²) in [6, 6.07) is 13.6. The molecule has 2 aromatic rings. The highest BCUT2D eigenvalue weighted by molar-refractivity contribution is 5.98. The van der Waals surface area contributed by atoms with Crippen LogP contribution in [-0.4, -0.2) is 92.3 Å². The van der Waals surface area contributed by atoms with E-state index in [9.17, 15) is 19.2 Å². The van der Waals surface area contributed by atoms with Crippen LogP contribution in [0.4, 0.5) is 11.4 Å². The number of nitrogens with one attached hydrogen (secondary N) is 2. The monoisotopic (exact) mass is 507 g/mol. The Morgan fingerprint density at radius 2 is 1.70 bits per heavy atom. The quantitative estimate of drug-likeness (QED) is 0.519. The fraction of sp³-hybridized carbons (Fsp3) is 0.407. The lowest BCUT2D eigenvalue weighted by molar-refractivity contribution is -0.145. The molecule has 0 spiro atoms. The SMILES string of the molecule is COc1ccccc1N1CCN(CC(=O)N2CCNC(=O)[C@@H]2CC(=O)Nc2ccc(C(C)=O)cc2)CC1. The van der Waals surface area contributed by atoms with Gasteiger partial charge in [0.2, 0.25) is 17.7 Å². The van der Waals surface area contributed by atoms with E-state index < -0.39 is 6.04 Å². The van der Waals surface area contributed by atoms with E-state index in [-0.39, 0.29) is 36.5 Å². The number of benzene rings is 2.